The van der Waals surface area contributed by atoms with E-state index >= 15 is 0 Å². The summed E-state index contributed by atoms with van der Waals surface area (Å²) < 4.78 is 5.37. The van der Waals surface area contributed by atoms with Crippen molar-refractivity contribution in [2.24, 2.45) is 0 Å². The van der Waals surface area contributed by atoms with Crippen molar-refractivity contribution in [1.29, 1.82) is 0 Å². The second kappa shape index (κ2) is 4.74. The minimum Gasteiger partial charge on any atom is -0.422 e. The number of carbonyl (C=O) groups is 1. The van der Waals surface area contributed by atoms with Gasteiger partial charge >= 0.3 is 5.97 Å². The molecule has 106 valence electrons. The van der Waals surface area contributed by atoms with Crippen LogP contribution in [0.5, 0.6) is 0 Å². The van der Waals surface area contributed by atoms with E-state index in [2.05, 4.69) is 0 Å². The SMILES string of the molecule is Nc1c(C=C2OC(=O)c3ccccc32)ccc2ccccc12. The molecule has 0 aromatic heterocycles. The summed E-state index contributed by atoms with van der Waals surface area (Å²) in [6.07, 6.45) is 1.82. The molecule has 3 nitrogen and oxygen atoms in total. The third-order valence-corrected chi connectivity index (χ3v) is 3.91. The van der Waals surface area contributed by atoms with Gasteiger partial charge in [-0.1, -0.05) is 54.6 Å². The van der Waals surface area contributed by atoms with E-state index in [0.29, 0.717) is 17.0 Å². The van der Waals surface area contributed by atoms with Crippen molar-refractivity contribution in [3.63, 3.8) is 0 Å². The first-order valence-corrected chi connectivity index (χ1v) is 7.04. The van der Waals surface area contributed by atoms with Crippen LogP contribution in [0.15, 0.2) is 60.7 Å². The van der Waals surface area contributed by atoms with Crippen LogP contribution in [0, 0.1) is 0 Å². The van der Waals surface area contributed by atoms with Gasteiger partial charge in [0.15, 0.2) is 0 Å². The van der Waals surface area contributed by atoms with Crippen LogP contribution in [0.1, 0.15) is 21.5 Å². The van der Waals surface area contributed by atoms with E-state index in [1.807, 2.05) is 60.7 Å². The molecule has 1 heterocycles. The van der Waals surface area contributed by atoms with Crippen LogP contribution in [-0.4, -0.2) is 5.97 Å². The number of ether oxygens (including phenoxy) is 1. The molecular formula is C19H13NO2. The molecule has 1 aliphatic heterocycles. The van der Waals surface area contributed by atoms with E-state index < -0.39 is 0 Å². The molecule has 2 N–H and O–H groups in total. The summed E-state index contributed by atoms with van der Waals surface area (Å²) in [5, 5.41) is 2.08. The maximum absolute atomic E-state index is 11.9. The molecule has 0 saturated heterocycles. The third-order valence-electron chi connectivity index (χ3n) is 3.91. The number of hydrogen-bond donors (Lipinski definition) is 1. The third kappa shape index (κ3) is 1.87. The maximum atomic E-state index is 11.9. The van der Waals surface area contributed by atoms with Crippen molar-refractivity contribution in [1.82, 2.24) is 0 Å². The quantitative estimate of drug-likeness (QED) is 0.541. The standard InChI is InChI=1S/C19H13NO2/c20-18-13(10-9-12-5-1-2-6-14(12)18)11-17-15-7-3-4-8-16(15)19(21)22-17/h1-11H,20H2. The number of nitrogen functional groups attached to an aromatic ring is 1. The second-order valence-electron chi connectivity index (χ2n) is 5.23. The highest BCUT2D eigenvalue weighted by Crippen LogP contribution is 2.33. The number of cyclic esters (lactones) is 1. The van der Waals surface area contributed by atoms with Crippen molar-refractivity contribution in [3.05, 3.63) is 77.4 Å². The van der Waals surface area contributed by atoms with Gasteiger partial charge in [0.25, 0.3) is 0 Å². The Morgan fingerprint density at radius 1 is 0.864 bits per heavy atom. The van der Waals surface area contributed by atoms with E-state index in [1.54, 1.807) is 6.07 Å². The second-order valence-corrected chi connectivity index (χ2v) is 5.23. The van der Waals surface area contributed by atoms with Crippen LogP contribution in [-0.2, 0) is 4.74 Å². The monoisotopic (exact) mass is 287 g/mol. The molecule has 0 spiro atoms. The lowest BCUT2D eigenvalue weighted by Crippen LogP contribution is -1.93. The summed E-state index contributed by atoms with van der Waals surface area (Å²) in [7, 11) is 0. The van der Waals surface area contributed by atoms with E-state index in [9.17, 15) is 4.79 Å². The molecule has 3 heteroatoms. The summed E-state index contributed by atoms with van der Waals surface area (Å²) >= 11 is 0. The molecule has 0 unspecified atom stereocenters. The Labute approximate surface area is 127 Å². The van der Waals surface area contributed by atoms with Gasteiger partial charge < -0.3 is 10.5 Å². The number of hydrogen-bond acceptors (Lipinski definition) is 3. The van der Waals surface area contributed by atoms with Crippen LogP contribution in [0.4, 0.5) is 5.69 Å². The van der Waals surface area contributed by atoms with Gasteiger partial charge in [0.1, 0.15) is 5.76 Å². The molecule has 4 rings (SSSR count). The van der Waals surface area contributed by atoms with Crippen LogP contribution in [0.25, 0.3) is 22.6 Å². The van der Waals surface area contributed by atoms with Crippen molar-refractivity contribution < 1.29 is 9.53 Å². The fraction of sp³-hybridized carbons (Fsp3) is 0. The average Bonchev–Trinajstić information content (AvgIpc) is 2.87. The molecule has 0 atom stereocenters. The van der Waals surface area contributed by atoms with Gasteiger partial charge in [-0.15, -0.1) is 0 Å². The van der Waals surface area contributed by atoms with Gasteiger partial charge in [0.05, 0.1) is 5.56 Å². The zero-order valence-corrected chi connectivity index (χ0v) is 11.7. The Hall–Kier alpha value is -3.07. The van der Waals surface area contributed by atoms with Gasteiger partial charge in [-0.3, -0.25) is 0 Å². The van der Waals surface area contributed by atoms with E-state index in [4.69, 9.17) is 10.5 Å². The Morgan fingerprint density at radius 3 is 2.45 bits per heavy atom. The minimum atomic E-state index is -0.318. The van der Waals surface area contributed by atoms with Crippen molar-refractivity contribution in [3.8, 4) is 0 Å². The highest BCUT2D eigenvalue weighted by atomic mass is 16.5. The molecule has 3 aromatic rings. The number of esters is 1. The van der Waals surface area contributed by atoms with Crippen molar-refractivity contribution in [2.75, 3.05) is 5.73 Å². The molecule has 1 aliphatic rings. The summed E-state index contributed by atoms with van der Waals surface area (Å²) in [6.45, 7) is 0. The topological polar surface area (TPSA) is 52.3 Å². The van der Waals surface area contributed by atoms with Crippen LogP contribution >= 0.6 is 0 Å². The van der Waals surface area contributed by atoms with Crippen LogP contribution < -0.4 is 5.73 Å². The number of anilines is 1. The lowest BCUT2D eigenvalue weighted by Gasteiger charge is -2.07. The van der Waals surface area contributed by atoms with Crippen LogP contribution in [0.3, 0.4) is 0 Å². The predicted octanol–water partition coefficient (Wildman–Crippen LogP) is 4.09. The Morgan fingerprint density at radius 2 is 1.59 bits per heavy atom. The van der Waals surface area contributed by atoms with E-state index in [1.165, 1.54) is 0 Å². The van der Waals surface area contributed by atoms with Gasteiger partial charge in [-0.2, -0.15) is 0 Å². The minimum absolute atomic E-state index is 0.318. The summed E-state index contributed by atoms with van der Waals surface area (Å²) in [4.78, 5) is 11.9. The molecule has 3 aromatic carbocycles. The Balaban J connectivity index is 1.88. The first-order valence-electron chi connectivity index (χ1n) is 7.04. The van der Waals surface area contributed by atoms with Crippen molar-refractivity contribution in [2.45, 2.75) is 0 Å². The van der Waals surface area contributed by atoms with Gasteiger partial charge in [0, 0.05) is 22.2 Å². The molecule has 0 fully saturated rings. The fourth-order valence-electron chi connectivity index (χ4n) is 2.77. The molecular weight excluding hydrogens is 274 g/mol. The van der Waals surface area contributed by atoms with Gasteiger partial charge in [-0.25, -0.2) is 4.79 Å². The summed E-state index contributed by atoms with van der Waals surface area (Å²) in [5.41, 5.74) is 9.19. The van der Waals surface area contributed by atoms with Gasteiger partial charge in [-0.05, 0) is 17.5 Å². The normalized spacial score (nSPS) is 15.1. The Kier molecular flexibility index (Phi) is 2.73. The fourth-order valence-corrected chi connectivity index (χ4v) is 2.77. The molecule has 22 heavy (non-hydrogen) atoms. The average molecular weight is 287 g/mol. The first kappa shape index (κ1) is 12.7. The number of carbonyl (C=O) groups excluding carboxylic acids is 1. The summed E-state index contributed by atoms with van der Waals surface area (Å²) in [5.74, 6) is 0.226. The zero-order chi connectivity index (χ0) is 15.1. The molecule has 0 aliphatic carbocycles. The molecule has 0 saturated carbocycles. The number of nitrogens with two attached hydrogens (primary N) is 1. The number of fused-ring (bicyclic) bond motifs is 2. The lowest BCUT2D eigenvalue weighted by atomic mass is 10.0. The predicted molar refractivity (Wildman–Crippen MR) is 88.1 cm³/mol. The highest BCUT2D eigenvalue weighted by Gasteiger charge is 2.25. The van der Waals surface area contributed by atoms with Gasteiger partial charge in [0.2, 0.25) is 0 Å². The first-order chi connectivity index (χ1) is 10.7. The number of rotatable bonds is 1. The Bertz CT molecular complexity index is 941. The van der Waals surface area contributed by atoms with E-state index in [-0.39, 0.29) is 5.97 Å². The van der Waals surface area contributed by atoms with E-state index in [0.717, 1.165) is 21.9 Å². The number of benzene rings is 3. The summed E-state index contributed by atoms with van der Waals surface area (Å²) in [6, 6.07) is 19.3. The van der Waals surface area contributed by atoms with Crippen molar-refractivity contribution >= 4 is 34.3 Å². The highest BCUT2D eigenvalue weighted by molar-refractivity contribution is 6.07. The molecule has 0 bridgehead atoms. The largest absolute Gasteiger partial charge is 0.422 e. The smallest absolute Gasteiger partial charge is 0.344 e. The van der Waals surface area contributed by atoms with Crippen LogP contribution in [0.2, 0.25) is 0 Å². The zero-order valence-electron chi connectivity index (χ0n) is 11.7. The maximum Gasteiger partial charge on any atom is 0.344 e. The molecule has 0 amide bonds. The molecule has 0 radical (unpaired) electrons. The lowest BCUT2D eigenvalue weighted by molar-refractivity contribution is 0.0717.